The number of hydrogen-bond acceptors (Lipinski definition) is 1. The van der Waals surface area contributed by atoms with Crippen LogP contribution < -0.4 is 5.32 Å². The van der Waals surface area contributed by atoms with Crippen LogP contribution in [-0.4, -0.2) is 6.04 Å². The third kappa shape index (κ3) is 3.51. The van der Waals surface area contributed by atoms with E-state index in [1.165, 1.54) is 16.8 Å². The van der Waals surface area contributed by atoms with Crippen LogP contribution in [0.25, 0.3) is 0 Å². The maximum Gasteiger partial charge on any atom is 0.0541 e. The van der Waals surface area contributed by atoms with Gasteiger partial charge >= 0.3 is 0 Å². The second-order valence-electron chi connectivity index (χ2n) is 6.27. The number of rotatable bonds is 4. The molecule has 102 valence electrons. The molecular formula is C17H29N. The van der Waals surface area contributed by atoms with Gasteiger partial charge in [0.05, 0.1) is 6.04 Å². The molecule has 1 aliphatic carbocycles. The Kier molecular flexibility index (Phi) is 5.25. The van der Waals surface area contributed by atoms with E-state index < -0.39 is 0 Å². The van der Waals surface area contributed by atoms with Gasteiger partial charge in [0.2, 0.25) is 0 Å². The predicted molar refractivity (Wildman–Crippen MR) is 81.4 cm³/mol. The normalized spacial score (nSPS) is 23.3. The number of nitrogens with one attached hydrogen (secondary N) is 1. The lowest BCUT2D eigenvalue weighted by atomic mass is 9.77. The molecule has 0 spiro atoms. The fourth-order valence-corrected chi connectivity index (χ4v) is 2.45. The third-order valence-electron chi connectivity index (χ3n) is 3.92. The highest BCUT2D eigenvalue weighted by Gasteiger charge is 2.28. The van der Waals surface area contributed by atoms with Gasteiger partial charge in [-0.2, -0.15) is 0 Å². The summed E-state index contributed by atoms with van der Waals surface area (Å²) < 4.78 is 0. The molecule has 1 N–H and O–H groups in total. The van der Waals surface area contributed by atoms with Gasteiger partial charge in [0.15, 0.2) is 0 Å². The molecule has 1 nitrogen and oxygen atoms in total. The number of allylic oxidation sites excluding steroid dienone is 4. The van der Waals surface area contributed by atoms with Crippen molar-refractivity contribution in [3.8, 4) is 0 Å². The molecule has 1 heteroatoms. The average Bonchev–Trinajstić information content (AvgIpc) is 2.28. The Labute approximate surface area is 113 Å². The van der Waals surface area contributed by atoms with Crippen LogP contribution in [0.2, 0.25) is 0 Å². The maximum absolute atomic E-state index is 3.74. The van der Waals surface area contributed by atoms with Crippen molar-refractivity contribution < 1.29 is 0 Å². The molecule has 0 saturated carbocycles. The molecule has 0 heterocycles. The zero-order valence-electron chi connectivity index (χ0n) is 13.0. The van der Waals surface area contributed by atoms with Gasteiger partial charge in [-0.15, -0.1) is 0 Å². The van der Waals surface area contributed by atoms with Crippen molar-refractivity contribution in [3.05, 3.63) is 35.1 Å². The highest BCUT2D eigenvalue weighted by molar-refractivity contribution is 5.30. The Morgan fingerprint density at radius 3 is 2.17 bits per heavy atom. The first-order valence-corrected chi connectivity index (χ1v) is 7.13. The van der Waals surface area contributed by atoms with Crippen LogP contribution in [0.3, 0.4) is 0 Å². The molecule has 0 aliphatic heterocycles. The van der Waals surface area contributed by atoms with Crippen LogP contribution in [0.5, 0.6) is 0 Å². The van der Waals surface area contributed by atoms with Crippen molar-refractivity contribution in [3.63, 3.8) is 0 Å². The molecule has 0 radical (unpaired) electrons. The van der Waals surface area contributed by atoms with Gasteiger partial charge in [0.1, 0.15) is 0 Å². The van der Waals surface area contributed by atoms with Gasteiger partial charge in [-0.05, 0) is 38.2 Å². The van der Waals surface area contributed by atoms with Crippen LogP contribution in [0, 0.1) is 17.8 Å². The van der Waals surface area contributed by atoms with Crippen molar-refractivity contribution in [2.24, 2.45) is 17.8 Å². The third-order valence-corrected chi connectivity index (χ3v) is 3.92. The Morgan fingerprint density at radius 1 is 1.11 bits per heavy atom. The van der Waals surface area contributed by atoms with Crippen LogP contribution in [0.4, 0.5) is 0 Å². The average molecular weight is 247 g/mol. The van der Waals surface area contributed by atoms with Crippen molar-refractivity contribution in [1.82, 2.24) is 5.32 Å². The van der Waals surface area contributed by atoms with E-state index in [1.54, 1.807) is 0 Å². The van der Waals surface area contributed by atoms with Gasteiger partial charge in [0, 0.05) is 11.6 Å². The maximum atomic E-state index is 3.74. The molecule has 0 fully saturated rings. The summed E-state index contributed by atoms with van der Waals surface area (Å²) in [5.41, 5.74) is 4.21. The largest absolute Gasteiger partial charge is 0.382 e. The molecule has 18 heavy (non-hydrogen) atoms. The minimum atomic E-state index is 0.449. The van der Waals surface area contributed by atoms with Crippen LogP contribution in [0.15, 0.2) is 35.1 Å². The van der Waals surface area contributed by atoms with E-state index in [0.717, 1.165) is 0 Å². The van der Waals surface area contributed by atoms with Gasteiger partial charge in [-0.3, -0.25) is 0 Å². The first-order chi connectivity index (χ1) is 8.34. The lowest BCUT2D eigenvalue weighted by Gasteiger charge is -2.36. The molecular weight excluding hydrogens is 218 g/mol. The highest BCUT2D eigenvalue weighted by Crippen LogP contribution is 2.30. The molecule has 0 aromatic rings. The van der Waals surface area contributed by atoms with Gasteiger partial charge < -0.3 is 5.32 Å². The first-order valence-electron chi connectivity index (χ1n) is 7.13. The van der Waals surface area contributed by atoms with E-state index in [4.69, 9.17) is 0 Å². The second kappa shape index (κ2) is 6.26. The van der Waals surface area contributed by atoms with Crippen molar-refractivity contribution >= 4 is 0 Å². The zero-order chi connectivity index (χ0) is 13.9. The lowest BCUT2D eigenvalue weighted by molar-refractivity contribution is 0.361. The summed E-state index contributed by atoms with van der Waals surface area (Å²) >= 11 is 0. The molecule has 1 rings (SSSR count). The van der Waals surface area contributed by atoms with Gasteiger partial charge in [-0.25, -0.2) is 0 Å². The molecule has 0 aromatic carbocycles. The minimum absolute atomic E-state index is 0.449. The Morgan fingerprint density at radius 2 is 1.72 bits per heavy atom. The molecule has 0 amide bonds. The summed E-state index contributed by atoms with van der Waals surface area (Å²) in [5, 5.41) is 3.74. The van der Waals surface area contributed by atoms with Crippen molar-refractivity contribution in [2.75, 3.05) is 0 Å². The fraction of sp³-hybridized carbons (Fsp3) is 0.647. The van der Waals surface area contributed by atoms with E-state index in [2.05, 4.69) is 72.0 Å². The molecule has 0 saturated heterocycles. The smallest absolute Gasteiger partial charge is 0.0541 e. The first kappa shape index (κ1) is 15.1. The fourth-order valence-electron chi connectivity index (χ4n) is 2.45. The zero-order valence-corrected chi connectivity index (χ0v) is 13.0. The lowest BCUT2D eigenvalue weighted by Crippen LogP contribution is -2.41. The van der Waals surface area contributed by atoms with Crippen LogP contribution in [0.1, 0.15) is 48.5 Å². The Balaban J connectivity index is 3.02. The van der Waals surface area contributed by atoms with Gasteiger partial charge in [-0.1, -0.05) is 51.5 Å². The summed E-state index contributed by atoms with van der Waals surface area (Å²) in [6.07, 6.45) is 6.88. The summed E-state index contributed by atoms with van der Waals surface area (Å²) in [6, 6.07) is 0.449. The molecule has 2 unspecified atom stereocenters. The van der Waals surface area contributed by atoms with Crippen LogP contribution in [-0.2, 0) is 0 Å². The highest BCUT2D eigenvalue weighted by atomic mass is 14.9. The van der Waals surface area contributed by atoms with Gasteiger partial charge in [0.25, 0.3) is 0 Å². The molecule has 0 aromatic heterocycles. The summed E-state index contributed by atoms with van der Waals surface area (Å²) in [7, 11) is 0. The minimum Gasteiger partial charge on any atom is -0.382 e. The molecule has 1 aliphatic rings. The van der Waals surface area contributed by atoms with Crippen molar-refractivity contribution in [2.45, 2.75) is 54.5 Å². The van der Waals surface area contributed by atoms with Crippen molar-refractivity contribution in [1.29, 1.82) is 0 Å². The van der Waals surface area contributed by atoms with E-state index in [9.17, 15) is 0 Å². The summed E-state index contributed by atoms with van der Waals surface area (Å²) in [4.78, 5) is 0. The molecule has 2 atom stereocenters. The van der Waals surface area contributed by atoms with E-state index >= 15 is 0 Å². The quantitative estimate of drug-likeness (QED) is 0.760. The van der Waals surface area contributed by atoms with E-state index in [1.807, 2.05) is 0 Å². The number of hydrogen-bond donors (Lipinski definition) is 1. The topological polar surface area (TPSA) is 12.0 Å². The predicted octanol–water partition coefficient (Wildman–Crippen LogP) is 4.68. The summed E-state index contributed by atoms with van der Waals surface area (Å²) in [6.45, 7) is 15.7. The monoisotopic (exact) mass is 247 g/mol. The van der Waals surface area contributed by atoms with E-state index in [0.29, 0.717) is 23.8 Å². The Bertz CT molecular complexity index is 365. The Hall–Kier alpha value is -0.980. The van der Waals surface area contributed by atoms with E-state index in [-0.39, 0.29) is 0 Å². The summed E-state index contributed by atoms with van der Waals surface area (Å²) in [5.74, 6) is 1.84. The molecule has 0 bridgehead atoms. The van der Waals surface area contributed by atoms with Crippen LogP contribution >= 0.6 is 0 Å². The SMILES string of the molecule is CC(C)=C(C)NC1C(C(C)C)=CC=CC1C(C)C. The standard InChI is InChI=1S/C17H29N/c1-11(2)14(7)18-17-15(12(3)4)9-8-10-16(17)13(5)6/h8-10,12-13,15,17-18H,1-7H3. The second-order valence-corrected chi connectivity index (χ2v) is 6.27.